The fourth-order valence-corrected chi connectivity index (χ4v) is 4.95. The molecule has 0 radical (unpaired) electrons. The lowest BCUT2D eigenvalue weighted by Gasteiger charge is -2.49. The van der Waals surface area contributed by atoms with E-state index >= 15 is 0 Å². The van der Waals surface area contributed by atoms with E-state index in [1.54, 1.807) is 12.1 Å². The molecule has 0 aliphatic carbocycles. The Balaban J connectivity index is 1.88. The monoisotopic (exact) mass is 502 g/mol. The number of benzene rings is 1. The van der Waals surface area contributed by atoms with E-state index in [9.17, 15) is 21.6 Å². The van der Waals surface area contributed by atoms with Crippen LogP contribution in [0.3, 0.4) is 0 Å². The van der Waals surface area contributed by atoms with E-state index in [0.717, 1.165) is 25.0 Å². The average molecular weight is 503 g/mol. The number of ether oxygens (including phenoxy) is 1. The van der Waals surface area contributed by atoms with Crippen molar-refractivity contribution >= 4 is 15.9 Å². The Morgan fingerprint density at radius 1 is 1.06 bits per heavy atom. The number of nitrogens with one attached hydrogen (secondary N) is 1. The Morgan fingerprint density at radius 2 is 1.68 bits per heavy atom. The number of nitrogens with zero attached hydrogens (tertiary/aromatic N) is 3. The molecule has 0 amide bonds. The second-order valence-corrected chi connectivity index (χ2v) is 11.2. The Hall–Kier alpha value is -2.60. The molecule has 0 atom stereocenters. The number of aromatic nitrogens is 2. The number of rotatable bonds is 6. The Kier molecular flexibility index (Phi) is 6.79. The average Bonchev–Trinajstić information content (AvgIpc) is 2.70. The van der Waals surface area contributed by atoms with E-state index in [1.165, 1.54) is 13.2 Å². The molecule has 0 bridgehead atoms. The summed E-state index contributed by atoms with van der Waals surface area (Å²) in [5, 5.41) is 12.2. The van der Waals surface area contributed by atoms with Crippen molar-refractivity contribution in [2.45, 2.75) is 63.2 Å². The molecule has 34 heavy (non-hydrogen) atoms. The Bertz CT molecular complexity index is 1120. The van der Waals surface area contributed by atoms with Crippen LogP contribution in [0.2, 0.25) is 0 Å². The first-order valence-electron chi connectivity index (χ1n) is 10.6. The summed E-state index contributed by atoms with van der Waals surface area (Å²) in [7, 11) is -2.48. The van der Waals surface area contributed by atoms with Gasteiger partial charge in [-0.2, -0.15) is 21.6 Å². The maximum atomic E-state index is 12.7. The van der Waals surface area contributed by atoms with Crippen LogP contribution in [0.1, 0.15) is 40.5 Å². The minimum Gasteiger partial charge on any atom is -0.496 e. The molecule has 1 fully saturated rings. The zero-order chi connectivity index (χ0) is 25.5. The third-order valence-electron chi connectivity index (χ3n) is 5.66. The molecule has 1 N–H and O–H groups in total. The number of halogens is 3. The topological polar surface area (TPSA) is 93.7 Å². The predicted octanol–water partition coefficient (Wildman–Crippen LogP) is 4.13. The molecular formula is C22H29F3N4O4S. The van der Waals surface area contributed by atoms with Gasteiger partial charge in [0.25, 0.3) is 0 Å². The van der Waals surface area contributed by atoms with Crippen molar-refractivity contribution in [2.75, 3.05) is 19.1 Å². The number of alkyl halides is 3. The van der Waals surface area contributed by atoms with Gasteiger partial charge in [-0.25, -0.2) is 0 Å². The van der Waals surface area contributed by atoms with Crippen molar-refractivity contribution in [1.82, 2.24) is 15.5 Å². The summed E-state index contributed by atoms with van der Waals surface area (Å²) in [4.78, 5) is 2.06. The van der Waals surface area contributed by atoms with Crippen LogP contribution >= 0.6 is 0 Å². The first-order chi connectivity index (χ1) is 15.5. The van der Waals surface area contributed by atoms with Gasteiger partial charge in [-0.3, -0.25) is 0 Å². The van der Waals surface area contributed by atoms with Gasteiger partial charge in [0, 0.05) is 29.7 Å². The molecule has 1 aliphatic rings. The summed E-state index contributed by atoms with van der Waals surface area (Å²) in [5.41, 5.74) is -5.13. The lowest BCUT2D eigenvalue weighted by Crippen LogP contribution is -2.62. The minimum atomic E-state index is -5.81. The largest absolute Gasteiger partial charge is 0.534 e. The normalized spacial score (nSPS) is 18.4. The van der Waals surface area contributed by atoms with Crippen LogP contribution in [0.4, 0.5) is 19.0 Å². The molecule has 2 heterocycles. The van der Waals surface area contributed by atoms with E-state index in [1.807, 2.05) is 7.05 Å². The van der Waals surface area contributed by atoms with Gasteiger partial charge < -0.3 is 19.1 Å². The van der Waals surface area contributed by atoms with Crippen LogP contribution in [0, 0.1) is 0 Å². The molecule has 3 rings (SSSR count). The summed E-state index contributed by atoms with van der Waals surface area (Å²) in [5.74, 6) is 0.387. The van der Waals surface area contributed by atoms with Crippen molar-refractivity contribution < 1.29 is 30.5 Å². The molecular weight excluding hydrogens is 473 g/mol. The van der Waals surface area contributed by atoms with Gasteiger partial charge in [-0.15, -0.1) is 10.2 Å². The van der Waals surface area contributed by atoms with Crippen molar-refractivity contribution in [3.8, 4) is 22.8 Å². The van der Waals surface area contributed by atoms with E-state index in [-0.39, 0.29) is 34.1 Å². The summed E-state index contributed by atoms with van der Waals surface area (Å²) < 4.78 is 70.3. The third-order valence-corrected chi connectivity index (χ3v) is 6.64. The van der Waals surface area contributed by atoms with Crippen LogP contribution in [0.25, 0.3) is 11.3 Å². The van der Waals surface area contributed by atoms with Crippen LogP contribution in [-0.2, 0) is 10.1 Å². The van der Waals surface area contributed by atoms with Crippen LogP contribution in [0.15, 0.2) is 30.3 Å². The second kappa shape index (κ2) is 8.88. The first-order valence-corrected chi connectivity index (χ1v) is 12.0. The number of piperidine rings is 1. The predicted molar refractivity (Wildman–Crippen MR) is 122 cm³/mol. The van der Waals surface area contributed by atoms with Gasteiger partial charge in [0.1, 0.15) is 11.5 Å². The molecule has 0 saturated carbocycles. The quantitative estimate of drug-likeness (QED) is 0.466. The molecule has 12 heteroatoms. The first kappa shape index (κ1) is 26.0. The van der Waals surface area contributed by atoms with E-state index < -0.39 is 21.4 Å². The van der Waals surface area contributed by atoms with E-state index in [4.69, 9.17) is 4.74 Å². The fraction of sp³-hybridized carbons (Fsp3) is 0.545. The smallest absolute Gasteiger partial charge is 0.496 e. The molecule has 188 valence electrons. The SMILES string of the molecule is COc1ccc(OS(=O)(=O)C(F)(F)F)cc1-c1ccc(N(C)C2CC(C)(C)NC(C)(C)C2)nn1. The molecule has 1 aliphatic heterocycles. The molecule has 0 spiro atoms. The molecule has 0 unspecified atom stereocenters. The van der Waals surface area contributed by atoms with Crippen LogP contribution in [0.5, 0.6) is 11.5 Å². The highest BCUT2D eigenvalue weighted by Gasteiger charge is 2.48. The molecule has 1 aromatic carbocycles. The van der Waals surface area contributed by atoms with E-state index in [2.05, 4.69) is 52.3 Å². The maximum absolute atomic E-state index is 12.7. The minimum absolute atomic E-state index is 0.0569. The number of methoxy groups -OCH3 is 1. The van der Waals surface area contributed by atoms with Crippen molar-refractivity contribution in [1.29, 1.82) is 0 Å². The summed E-state index contributed by atoms with van der Waals surface area (Å²) in [6.45, 7) is 8.63. The van der Waals surface area contributed by atoms with Crippen molar-refractivity contribution in [3.05, 3.63) is 30.3 Å². The third kappa shape index (κ3) is 5.72. The Labute approximate surface area is 197 Å². The summed E-state index contributed by atoms with van der Waals surface area (Å²) in [6, 6.07) is 7.11. The molecule has 1 aromatic heterocycles. The Morgan fingerprint density at radius 3 is 2.18 bits per heavy atom. The molecule has 8 nitrogen and oxygen atoms in total. The number of hydrogen-bond acceptors (Lipinski definition) is 8. The molecule has 1 saturated heterocycles. The number of hydrogen-bond donors (Lipinski definition) is 1. The standard InChI is InChI=1S/C22H29F3N4O4S/c1-20(2)12-14(13-21(3,4)28-20)29(5)19-10-8-17(26-27-19)16-11-15(7-9-18(16)32-6)33-34(30,31)22(23,24)25/h7-11,14,28H,12-13H2,1-6H3. The van der Waals surface area contributed by atoms with Crippen molar-refractivity contribution in [2.24, 2.45) is 0 Å². The zero-order valence-electron chi connectivity index (χ0n) is 19.9. The van der Waals surface area contributed by atoms with Crippen molar-refractivity contribution in [3.63, 3.8) is 0 Å². The molecule has 2 aromatic rings. The van der Waals surface area contributed by atoms with E-state index in [0.29, 0.717) is 5.82 Å². The van der Waals surface area contributed by atoms with Gasteiger partial charge in [0.15, 0.2) is 5.82 Å². The number of anilines is 1. The highest BCUT2D eigenvalue weighted by atomic mass is 32.2. The zero-order valence-corrected chi connectivity index (χ0v) is 20.7. The fourth-order valence-electron chi connectivity index (χ4n) is 4.50. The van der Waals surface area contributed by atoms with Gasteiger partial charge >= 0.3 is 15.6 Å². The maximum Gasteiger partial charge on any atom is 0.534 e. The lowest BCUT2D eigenvalue weighted by atomic mass is 9.79. The van der Waals surface area contributed by atoms with Gasteiger partial charge in [-0.05, 0) is 70.9 Å². The second-order valence-electron chi connectivity index (χ2n) is 9.69. The lowest BCUT2D eigenvalue weighted by molar-refractivity contribution is -0.0500. The van der Waals surface area contributed by atoms with Gasteiger partial charge in [-0.1, -0.05) is 0 Å². The highest BCUT2D eigenvalue weighted by molar-refractivity contribution is 7.88. The van der Waals surface area contributed by atoms with Crippen LogP contribution in [-0.4, -0.2) is 55.4 Å². The highest BCUT2D eigenvalue weighted by Crippen LogP contribution is 2.36. The van der Waals surface area contributed by atoms with Crippen LogP contribution < -0.4 is 19.1 Å². The van der Waals surface area contributed by atoms with Gasteiger partial charge in [0.05, 0.1) is 12.8 Å². The summed E-state index contributed by atoms with van der Waals surface area (Å²) >= 11 is 0. The summed E-state index contributed by atoms with van der Waals surface area (Å²) in [6.07, 6.45) is 1.80. The van der Waals surface area contributed by atoms with Gasteiger partial charge in [0.2, 0.25) is 0 Å².